The van der Waals surface area contributed by atoms with E-state index in [1.54, 1.807) is 17.5 Å². The molecule has 1 fully saturated rings. The summed E-state index contributed by atoms with van der Waals surface area (Å²) < 4.78 is 1.95. The van der Waals surface area contributed by atoms with Gasteiger partial charge in [0.25, 0.3) is 5.91 Å². The molecule has 140 valence electrons. The fraction of sp³-hybridized carbons (Fsp3) is 0.333. The molecule has 0 spiro atoms. The van der Waals surface area contributed by atoms with Gasteiger partial charge in [-0.1, -0.05) is 18.2 Å². The minimum atomic E-state index is -0.0269. The van der Waals surface area contributed by atoms with Crippen LogP contribution in [-0.2, 0) is 6.42 Å². The second-order valence-electron chi connectivity index (χ2n) is 6.85. The summed E-state index contributed by atoms with van der Waals surface area (Å²) in [6.07, 6.45) is 4.62. The van der Waals surface area contributed by atoms with Gasteiger partial charge in [-0.05, 0) is 66.9 Å². The highest BCUT2D eigenvalue weighted by Crippen LogP contribution is 2.30. The average Bonchev–Trinajstić information content (AvgIpc) is 3.39. The van der Waals surface area contributed by atoms with Crippen molar-refractivity contribution in [2.24, 2.45) is 0 Å². The molecule has 1 aromatic carbocycles. The molecule has 1 amide bonds. The molecule has 0 aliphatic carbocycles. The zero-order valence-corrected chi connectivity index (χ0v) is 16.0. The van der Waals surface area contributed by atoms with E-state index < -0.39 is 0 Å². The summed E-state index contributed by atoms with van der Waals surface area (Å²) in [5.41, 5.74) is 4.01. The van der Waals surface area contributed by atoms with Gasteiger partial charge in [0.15, 0.2) is 0 Å². The molecule has 2 aromatic heterocycles. The van der Waals surface area contributed by atoms with Gasteiger partial charge >= 0.3 is 0 Å². The van der Waals surface area contributed by atoms with Crippen LogP contribution in [-0.4, -0.2) is 35.3 Å². The zero-order valence-electron chi connectivity index (χ0n) is 15.2. The highest BCUT2D eigenvalue weighted by molar-refractivity contribution is 7.07. The van der Waals surface area contributed by atoms with Gasteiger partial charge in [0.1, 0.15) is 0 Å². The van der Waals surface area contributed by atoms with Gasteiger partial charge in [0.05, 0.1) is 23.1 Å². The van der Waals surface area contributed by atoms with E-state index in [1.165, 1.54) is 5.56 Å². The molecule has 0 bridgehead atoms. The van der Waals surface area contributed by atoms with Crippen molar-refractivity contribution in [3.63, 3.8) is 0 Å². The number of nitrogens with one attached hydrogen (secondary N) is 2. The SMILES string of the molecule is O=C(NCCc1ccsc1)c1cnn(-c2ccccc2)c1C1CCNCC1. The van der Waals surface area contributed by atoms with Crippen LogP contribution in [0.15, 0.2) is 53.4 Å². The van der Waals surface area contributed by atoms with Crippen LogP contribution in [0.4, 0.5) is 0 Å². The molecule has 3 aromatic rings. The first-order valence-corrected chi connectivity index (χ1v) is 10.4. The number of piperidine rings is 1. The van der Waals surface area contributed by atoms with Crippen molar-refractivity contribution in [2.45, 2.75) is 25.2 Å². The summed E-state index contributed by atoms with van der Waals surface area (Å²) in [4.78, 5) is 12.9. The van der Waals surface area contributed by atoms with E-state index in [0.717, 1.165) is 43.7 Å². The fourth-order valence-corrected chi connectivity index (χ4v) is 4.35. The predicted molar refractivity (Wildman–Crippen MR) is 109 cm³/mol. The van der Waals surface area contributed by atoms with E-state index in [-0.39, 0.29) is 5.91 Å². The summed E-state index contributed by atoms with van der Waals surface area (Å²) in [6.45, 7) is 2.59. The van der Waals surface area contributed by atoms with Gasteiger partial charge in [-0.2, -0.15) is 16.4 Å². The molecule has 1 aliphatic rings. The molecule has 5 nitrogen and oxygen atoms in total. The number of hydrogen-bond donors (Lipinski definition) is 2. The lowest BCUT2D eigenvalue weighted by Crippen LogP contribution is -2.30. The molecular formula is C21H24N4OS. The van der Waals surface area contributed by atoms with Crippen molar-refractivity contribution in [1.82, 2.24) is 20.4 Å². The summed E-state index contributed by atoms with van der Waals surface area (Å²) in [5.74, 6) is 0.313. The summed E-state index contributed by atoms with van der Waals surface area (Å²) in [6, 6.07) is 12.2. The molecule has 27 heavy (non-hydrogen) atoms. The summed E-state index contributed by atoms with van der Waals surface area (Å²) in [7, 11) is 0. The van der Waals surface area contributed by atoms with Crippen LogP contribution in [0.2, 0.25) is 0 Å². The van der Waals surface area contributed by atoms with Crippen molar-refractivity contribution in [3.05, 3.63) is 70.2 Å². The Morgan fingerprint density at radius 1 is 1.22 bits per heavy atom. The third-order valence-corrected chi connectivity index (χ3v) is 5.79. The number of benzene rings is 1. The largest absolute Gasteiger partial charge is 0.352 e. The van der Waals surface area contributed by atoms with E-state index >= 15 is 0 Å². The zero-order chi connectivity index (χ0) is 18.5. The maximum absolute atomic E-state index is 12.9. The average molecular weight is 381 g/mol. The number of aromatic nitrogens is 2. The first kappa shape index (κ1) is 17.9. The topological polar surface area (TPSA) is 59.0 Å². The number of carbonyl (C=O) groups excluding carboxylic acids is 1. The molecule has 0 atom stereocenters. The van der Waals surface area contributed by atoms with Crippen LogP contribution in [0, 0.1) is 0 Å². The van der Waals surface area contributed by atoms with Crippen LogP contribution in [0.1, 0.15) is 40.4 Å². The number of hydrogen-bond acceptors (Lipinski definition) is 4. The van der Waals surface area contributed by atoms with Gasteiger partial charge in [0, 0.05) is 12.5 Å². The molecule has 1 aliphatic heterocycles. The summed E-state index contributed by atoms with van der Waals surface area (Å²) in [5, 5.41) is 15.3. The molecule has 6 heteroatoms. The van der Waals surface area contributed by atoms with E-state index in [4.69, 9.17) is 0 Å². The highest BCUT2D eigenvalue weighted by atomic mass is 32.1. The maximum atomic E-state index is 12.9. The predicted octanol–water partition coefficient (Wildman–Crippen LogP) is 3.37. The van der Waals surface area contributed by atoms with Crippen molar-refractivity contribution in [3.8, 4) is 5.69 Å². The lowest BCUT2D eigenvalue weighted by molar-refractivity contribution is 0.0952. The van der Waals surface area contributed by atoms with Crippen LogP contribution >= 0.6 is 11.3 Å². The molecule has 1 saturated heterocycles. The van der Waals surface area contributed by atoms with Gasteiger partial charge in [-0.15, -0.1) is 0 Å². The van der Waals surface area contributed by atoms with Gasteiger partial charge in [0.2, 0.25) is 0 Å². The highest BCUT2D eigenvalue weighted by Gasteiger charge is 2.26. The maximum Gasteiger partial charge on any atom is 0.254 e. The van der Waals surface area contributed by atoms with Crippen LogP contribution < -0.4 is 10.6 Å². The van der Waals surface area contributed by atoms with Gasteiger partial charge in [-0.3, -0.25) is 4.79 Å². The Balaban J connectivity index is 1.57. The molecule has 2 N–H and O–H groups in total. The second kappa shape index (κ2) is 8.50. The lowest BCUT2D eigenvalue weighted by atomic mass is 9.91. The smallest absolute Gasteiger partial charge is 0.254 e. The second-order valence-corrected chi connectivity index (χ2v) is 7.63. The summed E-state index contributed by atoms with van der Waals surface area (Å²) >= 11 is 1.69. The molecular weight excluding hydrogens is 356 g/mol. The van der Waals surface area contributed by atoms with Crippen molar-refractivity contribution in [1.29, 1.82) is 0 Å². The van der Waals surface area contributed by atoms with Crippen molar-refractivity contribution >= 4 is 17.2 Å². The molecule has 0 radical (unpaired) electrons. The van der Waals surface area contributed by atoms with Crippen LogP contribution in [0.25, 0.3) is 5.69 Å². The van der Waals surface area contributed by atoms with E-state index in [2.05, 4.69) is 32.6 Å². The Hall–Kier alpha value is -2.44. The Bertz CT molecular complexity index is 867. The molecule has 4 rings (SSSR count). The quantitative estimate of drug-likeness (QED) is 0.689. The van der Waals surface area contributed by atoms with E-state index in [1.807, 2.05) is 35.0 Å². The molecule has 0 saturated carbocycles. The van der Waals surface area contributed by atoms with E-state index in [0.29, 0.717) is 18.0 Å². The minimum Gasteiger partial charge on any atom is -0.352 e. The first-order chi connectivity index (χ1) is 13.3. The van der Waals surface area contributed by atoms with Crippen LogP contribution in [0.3, 0.4) is 0 Å². The first-order valence-electron chi connectivity index (χ1n) is 9.46. The third kappa shape index (κ3) is 4.12. The van der Waals surface area contributed by atoms with Crippen molar-refractivity contribution < 1.29 is 4.79 Å². The molecule has 0 unspecified atom stereocenters. The Labute approximate surface area is 163 Å². The van der Waals surface area contributed by atoms with Crippen molar-refractivity contribution in [2.75, 3.05) is 19.6 Å². The molecule has 3 heterocycles. The number of thiophene rings is 1. The fourth-order valence-electron chi connectivity index (χ4n) is 3.65. The number of nitrogens with zero attached hydrogens (tertiary/aromatic N) is 2. The number of carbonyl (C=O) groups is 1. The van der Waals surface area contributed by atoms with Gasteiger partial charge in [-0.25, -0.2) is 4.68 Å². The Morgan fingerprint density at radius 3 is 2.78 bits per heavy atom. The third-order valence-electron chi connectivity index (χ3n) is 5.06. The standard InChI is InChI=1S/C21H24N4OS/c26-21(23-12-6-16-9-13-27-15-16)19-14-24-25(18-4-2-1-3-5-18)20(19)17-7-10-22-11-8-17/h1-5,9,13-15,17,22H,6-8,10-12H2,(H,23,26). The Morgan fingerprint density at radius 2 is 2.04 bits per heavy atom. The normalized spacial score (nSPS) is 15.0. The van der Waals surface area contributed by atoms with Gasteiger partial charge < -0.3 is 10.6 Å². The lowest BCUT2D eigenvalue weighted by Gasteiger charge is -2.24. The number of amides is 1. The number of rotatable bonds is 6. The van der Waals surface area contributed by atoms with Crippen LogP contribution in [0.5, 0.6) is 0 Å². The Kier molecular flexibility index (Phi) is 5.65. The minimum absolute atomic E-state index is 0.0269. The van der Waals surface area contributed by atoms with E-state index in [9.17, 15) is 4.79 Å². The number of para-hydroxylation sites is 1. The monoisotopic (exact) mass is 380 g/mol.